The number of phosphoric acid groups is 1. The van der Waals surface area contributed by atoms with Gasteiger partial charge in [0.2, 0.25) is 5.91 Å². The van der Waals surface area contributed by atoms with Crippen molar-refractivity contribution in [2.24, 2.45) is 0 Å². The van der Waals surface area contributed by atoms with Gasteiger partial charge >= 0.3 is 7.82 Å². The minimum Gasteiger partial charge on any atom is -0.403 e. The van der Waals surface area contributed by atoms with Crippen LogP contribution in [0.5, 0.6) is 5.75 Å². The van der Waals surface area contributed by atoms with Crippen molar-refractivity contribution in [2.75, 3.05) is 13.2 Å². The lowest BCUT2D eigenvalue weighted by Crippen LogP contribution is -2.25. The molecule has 0 aliphatic rings. The minimum absolute atomic E-state index is 0.0741. The SMILES string of the molecule is O=C(Cc1c[nH]c2ccccc12)NCCCCCCCCCCCCOP(=O)(O)Oc1ccccc1Cl. The number of fused-ring (bicyclic) bond motifs is 1. The summed E-state index contributed by atoms with van der Waals surface area (Å²) in [5.41, 5.74) is 2.10. The topological polar surface area (TPSA) is 101 Å². The van der Waals surface area contributed by atoms with Gasteiger partial charge in [-0.15, -0.1) is 0 Å². The molecule has 3 N–H and O–H groups in total. The molecule has 0 aliphatic heterocycles. The Morgan fingerprint density at radius 1 is 0.892 bits per heavy atom. The van der Waals surface area contributed by atoms with Crippen molar-refractivity contribution in [3.63, 3.8) is 0 Å². The van der Waals surface area contributed by atoms with E-state index in [0.29, 0.717) is 12.8 Å². The molecule has 3 aromatic rings. The van der Waals surface area contributed by atoms with Gasteiger partial charge in [0.15, 0.2) is 0 Å². The molecule has 0 spiro atoms. The van der Waals surface area contributed by atoms with Crippen molar-refractivity contribution < 1.29 is 23.3 Å². The van der Waals surface area contributed by atoms with Crippen LogP contribution < -0.4 is 9.84 Å². The van der Waals surface area contributed by atoms with Gasteiger partial charge in [-0.2, -0.15) is 0 Å². The fraction of sp³-hybridized carbons (Fsp3) is 0.464. The third-order valence-electron chi connectivity index (χ3n) is 6.22. The number of carbonyl (C=O) groups excluding carboxylic acids is 1. The van der Waals surface area contributed by atoms with Gasteiger partial charge in [0.25, 0.3) is 0 Å². The van der Waals surface area contributed by atoms with Crippen molar-refractivity contribution >= 4 is 36.2 Å². The Hall–Kier alpha value is -2.31. The van der Waals surface area contributed by atoms with Crippen LogP contribution in [0.3, 0.4) is 0 Å². The molecule has 9 heteroatoms. The summed E-state index contributed by atoms with van der Waals surface area (Å²) in [5.74, 6) is 0.214. The highest BCUT2D eigenvalue weighted by molar-refractivity contribution is 7.47. The number of hydrogen-bond acceptors (Lipinski definition) is 4. The van der Waals surface area contributed by atoms with Gasteiger partial charge < -0.3 is 14.8 Å². The van der Waals surface area contributed by atoms with Gasteiger partial charge in [-0.05, 0) is 36.6 Å². The van der Waals surface area contributed by atoms with Gasteiger partial charge in [-0.1, -0.05) is 93.3 Å². The van der Waals surface area contributed by atoms with Crippen LogP contribution in [-0.2, 0) is 20.3 Å². The normalized spacial score (nSPS) is 12.9. The number of halogens is 1. The number of aromatic amines is 1. The Morgan fingerprint density at radius 2 is 1.51 bits per heavy atom. The molecule has 0 radical (unpaired) electrons. The molecule has 37 heavy (non-hydrogen) atoms. The van der Waals surface area contributed by atoms with E-state index in [1.807, 2.05) is 30.5 Å². The second kappa shape index (κ2) is 15.8. The van der Waals surface area contributed by atoms with E-state index >= 15 is 0 Å². The number of amides is 1. The zero-order chi connectivity index (χ0) is 26.3. The number of aromatic nitrogens is 1. The summed E-state index contributed by atoms with van der Waals surface area (Å²) in [7, 11) is -4.16. The third kappa shape index (κ3) is 10.9. The number of benzene rings is 2. The molecule has 2 aromatic carbocycles. The van der Waals surface area contributed by atoms with E-state index in [4.69, 9.17) is 20.6 Å². The lowest BCUT2D eigenvalue weighted by molar-refractivity contribution is -0.120. The van der Waals surface area contributed by atoms with Crippen LogP contribution in [0, 0.1) is 0 Å². The van der Waals surface area contributed by atoms with E-state index in [2.05, 4.69) is 10.3 Å². The largest absolute Gasteiger partial charge is 0.527 e. The second-order valence-corrected chi connectivity index (χ2v) is 11.0. The Bertz CT molecular complexity index is 1150. The molecule has 1 aromatic heterocycles. The Balaban J connectivity index is 1.10. The predicted octanol–water partition coefficient (Wildman–Crippen LogP) is 7.58. The van der Waals surface area contributed by atoms with Crippen LogP contribution in [0.15, 0.2) is 54.7 Å². The standard InChI is InChI=1S/C28H38ClN2O5P/c29-25-16-10-12-18-27(25)36-37(33,34)35-20-14-8-6-4-2-1-3-5-7-13-19-30-28(32)21-23-22-31-26-17-11-9-15-24(23)26/h9-12,15-18,22,31H,1-8,13-14,19-21H2,(H,30,32)(H,33,34). The Labute approximate surface area is 224 Å². The zero-order valence-corrected chi connectivity index (χ0v) is 22.9. The summed E-state index contributed by atoms with van der Waals surface area (Å²) in [6, 6.07) is 14.5. The smallest absolute Gasteiger partial charge is 0.403 e. The molecular weight excluding hydrogens is 511 g/mol. The minimum atomic E-state index is -4.16. The first-order valence-electron chi connectivity index (χ1n) is 13.2. The summed E-state index contributed by atoms with van der Waals surface area (Å²) < 4.78 is 22.1. The highest BCUT2D eigenvalue weighted by Gasteiger charge is 2.23. The van der Waals surface area contributed by atoms with Gasteiger partial charge in [-0.25, -0.2) is 4.57 Å². The van der Waals surface area contributed by atoms with Crippen LogP contribution in [0.2, 0.25) is 5.02 Å². The van der Waals surface area contributed by atoms with E-state index in [1.54, 1.807) is 18.2 Å². The summed E-state index contributed by atoms with van der Waals surface area (Å²) in [5, 5.41) is 4.42. The molecule has 7 nitrogen and oxygen atoms in total. The fourth-order valence-electron chi connectivity index (χ4n) is 4.23. The average molecular weight is 549 g/mol. The molecule has 0 saturated carbocycles. The van der Waals surface area contributed by atoms with Crippen molar-refractivity contribution in [2.45, 2.75) is 70.6 Å². The van der Waals surface area contributed by atoms with Crippen molar-refractivity contribution in [1.29, 1.82) is 0 Å². The summed E-state index contributed by atoms with van der Waals surface area (Å²) in [4.78, 5) is 25.2. The molecule has 0 fully saturated rings. The molecule has 0 saturated heterocycles. The highest BCUT2D eigenvalue weighted by Crippen LogP contribution is 2.45. The molecule has 1 atom stereocenters. The third-order valence-corrected chi connectivity index (χ3v) is 7.47. The summed E-state index contributed by atoms with van der Waals surface area (Å²) >= 11 is 5.94. The van der Waals surface area contributed by atoms with Crippen molar-refractivity contribution in [3.8, 4) is 5.75 Å². The molecule has 1 amide bonds. The number of rotatable bonds is 18. The number of carbonyl (C=O) groups is 1. The Kier molecular flexibility index (Phi) is 12.5. The maximum atomic E-state index is 12.2. The van der Waals surface area contributed by atoms with Gasteiger partial charge in [0, 0.05) is 23.6 Å². The number of H-pyrrole nitrogens is 1. The predicted molar refractivity (Wildman–Crippen MR) is 149 cm³/mol. The van der Waals surface area contributed by atoms with Gasteiger partial charge in [0.1, 0.15) is 5.75 Å². The van der Waals surface area contributed by atoms with Crippen LogP contribution in [0.4, 0.5) is 0 Å². The zero-order valence-electron chi connectivity index (χ0n) is 21.3. The maximum absolute atomic E-state index is 12.2. The monoisotopic (exact) mass is 548 g/mol. The molecule has 202 valence electrons. The lowest BCUT2D eigenvalue weighted by atomic mass is 10.1. The number of hydrogen-bond donors (Lipinski definition) is 3. The van der Waals surface area contributed by atoms with Crippen molar-refractivity contribution in [3.05, 3.63) is 65.3 Å². The molecule has 0 bridgehead atoms. The molecular formula is C28H38ClN2O5P. The number of para-hydroxylation sites is 2. The first-order chi connectivity index (χ1) is 17.9. The molecule has 1 unspecified atom stereocenters. The van der Waals surface area contributed by atoms with Crippen molar-refractivity contribution in [1.82, 2.24) is 10.3 Å². The molecule has 3 rings (SSSR count). The molecule has 0 aliphatic carbocycles. The van der Waals surface area contributed by atoms with Crippen LogP contribution in [0.25, 0.3) is 10.9 Å². The van der Waals surface area contributed by atoms with Crippen LogP contribution in [-0.4, -0.2) is 28.9 Å². The fourth-order valence-corrected chi connectivity index (χ4v) is 5.28. The van der Waals surface area contributed by atoms with Gasteiger partial charge in [-0.3, -0.25) is 14.2 Å². The second-order valence-electron chi connectivity index (χ2n) is 9.25. The number of nitrogens with one attached hydrogen (secondary N) is 2. The molecule has 1 heterocycles. The van der Waals surface area contributed by atoms with E-state index in [9.17, 15) is 14.3 Å². The van der Waals surface area contributed by atoms with Crippen LogP contribution in [0.1, 0.15) is 69.8 Å². The average Bonchev–Trinajstić information content (AvgIpc) is 3.28. The quantitative estimate of drug-likeness (QED) is 0.112. The number of unbranched alkanes of at least 4 members (excludes halogenated alkanes) is 9. The number of phosphoric ester groups is 1. The maximum Gasteiger partial charge on any atom is 0.527 e. The summed E-state index contributed by atoms with van der Waals surface area (Å²) in [6.07, 6.45) is 13.1. The highest BCUT2D eigenvalue weighted by atomic mass is 35.5. The van der Waals surface area contributed by atoms with E-state index < -0.39 is 7.82 Å². The lowest BCUT2D eigenvalue weighted by Gasteiger charge is -2.13. The first kappa shape index (κ1) is 29.2. The van der Waals surface area contributed by atoms with E-state index in [-0.39, 0.29) is 23.3 Å². The summed E-state index contributed by atoms with van der Waals surface area (Å²) in [6.45, 7) is 0.907. The Morgan fingerprint density at radius 3 is 2.24 bits per heavy atom. The first-order valence-corrected chi connectivity index (χ1v) is 15.0. The van der Waals surface area contributed by atoms with Gasteiger partial charge in [0.05, 0.1) is 18.1 Å². The van der Waals surface area contributed by atoms with E-state index in [0.717, 1.165) is 55.1 Å². The van der Waals surface area contributed by atoms with E-state index in [1.165, 1.54) is 31.7 Å². The van der Waals surface area contributed by atoms with Crippen LogP contribution >= 0.6 is 19.4 Å².